The van der Waals surface area contributed by atoms with Gasteiger partial charge >= 0.3 is 5.63 Å². The first-order valence-corrected chi connectivity index (χ1v) is 7.62. The molecule has 0 unspecified atom stereocenters. The third-order valence-corrected chi connectivity index (χ3v) is 4.84. The van der Waals surface area contributed by atoms with Crippen molar-refractivity contribution in [1.82, 2.24) is 4.57 Å². The summed E-state index contributed by atoms with van der Waals surface area (Å²) in [5, 5.41) is 1.87. The number of aromatic nitrogens is 1. The maximum absolute atomic E-state index is 12.8. The van der Waals surface area contributed by atoms with Crippen LogP contribution in [0.15, 0.2) is 38.3 Å². The molecule has 2 aliphatic rings. The number of nitrogens with zero attached hydrogens (tertiary/aromatic N) is 2. The van der Waals surface area contributed by atoms with E-state index in [0.29, 0.717) is 12.1 Å². The Hall–Kier alpha value is -2.56. The van der Waals surface area contributed by atoms with E-state index >= 15 is 0 Å². The van der Waals surface area contributed by atoms with E-state index in [9.17, 15) is 9.59 Å². The molecular formula is C17H14N2O3. The SMILES string of the molecule is O=c1oc2ccccc2c2c3c4n(c(=O)c12)CCCN4CC3. The smallest absolute Gasteiger partial charge is 0.349 e. The van der Waals surface area contributed by atoms with E-state index in [4.69, 9.17) is 4.42 Å². The lowest BCUT2D eigenvalue weighted by atomic mass is 10.0. The van der Waals surface area contributed by atoms with Gasteiger partial charge in [0.1, 0.15) is 16.8 Å². The summed E-state index contributed by atoms with van der Waals surface area (Å²) in [5.74, 6) is 1.01. The Morgan fingerprint density at radius 2 is 1.86 bits per heavy atom. The molecule has 0 amide bonds. The van der Waals surface area contributed by atoms with Crippen LogP contribution in [0.1, 0.15) is 12.0 Å². The van der Waals surface area contributed by atoms with Gasteiger partial charge < -0.3 is 9.32 Å². The van der Waals surface area contributed by atoms with Crippen LogP contribution >= 0.6 is 0 Å². The Kier molecular flexibility index (Phi) is 2.19. The summed E-state index contributed by atoms with van der Waals surface area (Å²) < 4.78 is 7.14. The average Bonchev–Trinajstić information content (AvgIpc) is 2.96. The number of pyridine rings is 1. The molecule has 0 atom stereocenters. The van der Waals surface area contributed by atoms with Crippen molar-refractivity contribution in [3.8, 4) is 0 Å². The minimum atomic E-state index is -0.519. The molecule has 0 bridgehead atoms. The lowest BCUT2D eigenvalue weighted by molar-refractivity contribution is 0.554. The van der Waals surface area contributed by atoms with E-state index in [0.717, 1.165) is 48.1 Å². The molecule has 2 aliphatic heterocycles. The van der Waals surface area contributed by atoms with Crippen LogP contribution in [0.25, 0.3) is 21.7 Å². The first-order chi connectivity index (χ1) is 10.8. The number of para-hydroxylation sites is 1. The molecule has 5 heteroatoms. The second-order valence-electron chi connectivity index (χ2n) is 5.99. The van der Waals surface area contributed by atoms with Gasteiger partial charge in [-0.25, -0.2) is 4.79 Å². The van der Waals surface area contributed by atoms with Gasteiger partial charge in [0.25, 0.3) is 5.56 Å². The van der Waals surface area contributed by atoms with E-state index < -0.39 is 5.63 Å². The van der Waals surface area contributed by atoms with E-state index in [-0.39, 0.29) is 10.9 Å². The lowest BCUT2D eigenvalue weighted by Crippen LogP contribution is -2.36. The van der Waals surface area contributed by atoms with Crippen LogP contribution in [0.4, 0.5) is 5.82 Å². The summed E-state index contributed by atoms with van der Waals surface area (Å²) >= 11 is 0. The van der Waals surface area contributed by atoms with Crippen molar-refractivity contribution in [1.29, 1.82) is 0 Å². The third-order valence-electron chi connectivity index (χ3n) is 4.84. The number of fused-ring (bicyclic) bond motifs is 4. The van der Waals surface area contributed by atoms with Gasteiger partial charge in [-0.05, 0) is 18.9 Å². The molecule has 4 heterocycles. The topological polar surface area (TPSA) is 55.5 Å². The summed E-state index contributed by atoms with van der Waals surface area (Å²) in [4.78, 5) is 27.5. The van der Waals surface area contributed by atoms with Gasteiger partial charge in [-0.15, -0.1) is 0 Å². The summed E-state index contributed by atoms with van der Waals surface area (Å²) in [7, 11) is 0. The average molecular weight is 294 g/mol. The van der Waals surface area contributed by atoms with Gasteiger partial charge in [0.15, 0.2) is 0 Å². The molecule has 5 rings (SSSR count). The molecule has 0 spiro atoms. The molecule has 2 aromatic heterocycles. The quantitative estimate of drug-likeness (QED) is 0.469. The lowest BCUT2D eigenvalue weighted by Gasteiger charge is -2.28. The van der Waals surface area contributed by atoms with Crippen LogP contribution in [-0.4, -0.2) is 17.7 Å². The number of benzene rings is 1. The number of hydrogen-bond donors (Lipinski definition) is 0. The second kappa shape index (κ2) is 4.00. The van der Waals surface area contributed by atoms with Crippen molar-refractivity contribution in [2.24, 2.45) is 0 Å². The molecule has 0 N–H and O–H groups in total. The van der Waals surface area contributed by atoms with Gasteiger partial charge in [-0.2, -0.15) is 0 Å². The van der Waals surface area contributed by atoms with Crippen molar-refractivity contribution >= 4 is 27.6 Å². The van der Waals surface area contributed by atoms with Gasteiger partial charge in [0.05, 0.1) is 0 Å². The molecule has 0 fully saturated rings. The first kappa shape index (κ1) is 12.0. The Balaban J connectivity index is 2.12. The second-order valence-corrected chi connectivity index (χ2v) is 5.99. The molecule has 22 heavy (non-hydrogen) atoms. The predicted molar refractivity (Wildman–Crippen MR) is 84.8 cm³/mol. The number of rotatable bonds is 0. The van der Waals surface area contributed by atoms with Crippen LogP contribution in [0.5, 0.6) is 0 Å². The molecule has 110 valence electrons. The molecule has 1 aromatic carbocycles. The van der Waals surface area contributed by atoms with Gasteiger partial charge in [-0.3, -0.25) is 9.36 Å². The fourth-order valence-electron chi connectivity index (χ4n) is 3.96. The maximum Gasteiger partial charge on any atom is 0.349 e. The summed E-state index contributed by atoms with van der Waals surface area (Å²) in [6.45, 7) is 2.58. The highest BCUT2D eigenvalue weighted by molar-refractivity contribution is 6.07. The molecule has 0 radical (unpaired) electrons. The van der Waals surface area contributed by atoms with Gasteiger partial charge in [-0.1, -0.05) is 18.2 Å². The molecule has 5 nitrogen and oxygen atoms in total. The number of anilines is 1. The van der Waals surface area contributed by atoms with Crippen LogP contribution < -0.4 is 16.1 Å². The Morgan fingerprint density at radius 3 is 2.77 bits per heavy atom. The van der Waals surface area contributed by atoms with E-state index in [1.165, 1.54) is 0 Å². The van der Waals surface area contributed by atoms with E-state index in [2.05, 4.69) is 4.90 Å². The minimum Gasteiger partial charge on any atom is -0.422 e. The van der Waals surface area contributed by atoms with Crippen LogP contribution in [0, 0.1) is 0 Å². The Morgan fingerprint density at radius 1 is 1.00 bits per heavy atom. The van der Waals surface area contributed by atoms with Crippen LogP contribution in [0.3, 0.4) is 0 Å². The maximum atomic E-state index is 12.8. The zero-order chi connectivity index (χ0) is 14.8. The monoisotopic (exact) mass is 294 g/mol. The predicted octanol–water partition coefficient (Wildman–Crippen LogP) is 1.87. The normalized spacial score (nSPS) is 16.5. The fraction of sp³-hybridized carbons (Fsp3) is 0.294. The van der Waals surface area contributed by atoms with Crippen molar-refractivity contribution in [3.05, 3.63) is 50.6 Å². The standard InChI is InChI=1S/C17H14N2O3/c20-16-14-13(10-4-1-2-5-12(10)22-17(14)21)11-6-9-18-7-3-8-19(16)15(11)18/h1-2,4-5H,3,6-9H2. The van der Waals surface area contributed by atoms with Gasteiger partial charge in [0, 0.05) is 36.0 Å². The summed E-state index contributed by atoms with van der Waals surface area (Å²) in [5.41, 5.74) is 0.947. The highest BCUT2D eigenvalue weighted by Gasteiger charge is 2.31. The van der Waals surface area contributed by atoms with E-state index in [1.807, 2.05) is 18.2 Å². The first-order valence-electron chi connectivity index (χ1n) is 7.62. The molecular weight excluding hydrogens is 280 g/mol. The highest BCUT2D eigenvalue weighted by atomic mass is 16.4. The molecule has 0 saturated carbocycles. The fourth-order valence-corrected chi connectivity index (χ4v) is 3.96. The molecule has 0 saturated heterocycles. The van der Waals surface area contributed by atoms with Crippen molar-refractivity contribution in [3.63, 3.8) is 0 Å². The van der Waals surface area contributed by atoms with E-state index in [1.54, 1.807) is 10.6 Å². The van der Waals surface area contributed by atoms with Crippen molar-refractivity contribution in [2.75, 3.05) is 18.0 Å². The Labute approximate surface area is 125 Å². The molecule has 0 aliphatic carbocycles. The zero-order valence-corrected chi connectivity index (χ0v) is 12.0. The van der Waals surface area contributed by atoms with Crippen molar-refractivity contribution in [2.45, 2.75) is 19.4 Å². The van der Waals surface area contributed by atoms with Gasteiger partial charge in [0.2, 0.25) is 0 Å². The van der Waals surface area contributed by atoms with Crippen LogP contribution in [-0.2, 0) is 13.0 Å². The summed E-state index contributed by atoms with van der Waals surface area (Å²) in [6, 6.07) is 7.47. The molecule has 3 aromatic rings. The van der Waals surface area contributed by atoms with Crippen molar-refractivity contribution < 1.29 is 4.42 Å². The largest absolute Gasteiger partial charge is 0.422 e. The minimum absolute atomic E-state index is 0.208. The van der Waals surface area contributed by atoms with Crippen LogP contribution in [0.2, 0.25) is 0 Å². The summed E-state index contributed by atoms with van der Waals surface area (Å²) in [6.07, 6.45) is 1.82. The number of hydrogen-bond acceptors (Lipinski definition) is 4. The Bertz CT molecular complexity index is 1060. The third kappa shape index (κ3) is 1.33. The highest BCUT2D eigenvalue weighted by Crippen LogP contribution is 2.36. The zero-order valence-electron chi connectivity index (χ0n) is 12.0.